The molecule has 22 heavy (non-hydrogen) atoms. The predicted octanol–water partition coefficient (Wildman–Crippen LogP) is 3.68. The number of aliphatic hydroxyl groups excluding tert-OH is 1. The number of aliphatic hydroxyl groups is 1. The van der Waals surface area contributed by atoms with Gasteiger partial charge in [0.15, 0.2) is 0 Å². The normalized spacial score (nSPS) is 14.3. The molecule has 0 aliphatic heterocycles. The molecule has 1 aromatic heterocycles. The van der Waals surface area contributed by atoms with E-state index in [0.717, 1.165) is 6.07 Å². The molecule has 0 bridgehead atoms. The smallest absolute Gasteiger partial charge is 0.385 e. The van der Waals surface area contributed by atoms with E-state index in [1.54, 1.807) is 24.3 Å². The molecule has 0 unspecified atom stereocenters. The first kappa shape index (κ1) is 16.7. The second kappa shape index (κ2) is 5.85. The lowest BCUT2D eigenvalue weighted by Gasteiger charge is -2.23. The number of pyridine rings is 1. The van der Waals surface area contributed by atoms with E-state index < -0.39 is 18.0 Å². The summed E-state index contributed by atoms with van der Waals surface area (Å²) in [7, 11) is 0. The van der Waals surface area contributed by atoms with Gasteiger partial charge in [0, 0.05) is 17.5 Å². The maximum atomic E-state index is 13.0. The lowest BCUT2D eigenvalue weighted by atomic mass is 10.0. The number of β-amino-alcohol motifs (C(OH)–C–C–N with tert-alkyl or cyclic N) is 1. The number of hydrogen-bond acceptors (Lipinski definition) is 3. The van der Waals surface area contributed by atoms with Crippen LogP contribution in [0.4, 0.5) is 13.2 Å². The van der Waals surface area contributed by atoms with E-state index in [0.29, 0.717) is 10.8 Å². The highest BCUT2D eigenvalue weighted by Gasteiger charge is 2.34. The summed E-state index contributed by atoms with van der Waals surface area (Å²) in [6, 6.07) is 7.62. The molecule has 1 atom stereocenters. The number of rotatable bonds is 3. The largest absolute Gasteiger partial charge is 0.433 e. The Labute approximate surface area is 127 Å². The van der Waals surface area contributed by atoms with Crippen LogP contribution in [0.3, 0.4) is 0 Å². The molecule has 0 spiro atoms. The van der Waals surface area contributed by atoms with Gasteiger partial charge in [-0.2, -0.15) is 13.2 Å². The van der Waals surface area contributed by atoms with Crippen LogP contribution in [0.5, 0.6) is 0 Å². The van der Waals surface area contributed by atoms with Gasteiger partial charge in [0.1, 0.15) is 11.8 Å². The third-order valence-electron chi connectivity index (χ3n) is 3.20. The average molecular weight is 312 g/mol. The van der Waals surface area contributed by atoms with Crippen LogP contribution in [-0.2, 0) is 6.18 Å². The molecule has 2 rings (SSSR count). The van der Waals surface area contributed by atoms with Crippen LogP contribution in [-0.4, -0.2) is 22.2 Å². The van der Waals surface area contributed by atoms with Crippen molar-refractivity contribution in [3.05, 3.63) is 41.7 Å². The van der Waals surface area contributed by atoms with Crippen LogP contribution < -0.4 is 5.32 Å². The Hall–Kier alpha value is -1.66. The van der Waals surface area contributed by atoms with Crippen molar-refractivity contribution in [3.8, 4) is 0 Å². The van der Waals surface area contributed by atoms with E-state index in [1.807, 2.05) is 20.8 Å². The molecule has 0 radical (unpaired) electrons. The van der Waals surface area contributed by atoms with E-state index in [-0.39, 0.29) is 17.8 Å². The maximum absolute atomic E-state index is 13.0. The number of fused-ring (bicyclic) bond motifs is 1. The quantitative estimate of drug-likeness (QED) is 0.909. The maximum Gasteiger partial charge on any atom is 0.433 e. The molecule has 0 saturated carbocycles. The van der Waals surface area contributed by atoms with Crippen LogP contribution in [0.25, 0.3) is 10.8 Å². The van der Waals surface area contributed by atoms with Crippen molar-refractivity contribution in [2.75, 3.05) is 6.54 Å². The van der Waals surface area contributed by atoms with Crippen molar-refractivity contribution < 1.29 is 18.3 Å². The highest BCUT2D eigenvalue weighted by molar-refractivity contribution is 5.85. The fourth-order valence-electron chi connectivity index (χ4n) is 2.12. The summed E-state index contributed by atoms with van der Waals surface area (Å²) in [5.74, 6) is 0. The van der Waals surface area contributed by atoms with E-state index in [1.165, 1.54) is 0 Å². The molecule has 1 heterocycles. The minimum absolute atomic E-state index is 0.0437. The van der Waals surface area contributed by atoms with Gasteiger partial charge >= 0.3 is 6.18 Å². The summed E-state index contributed by atoms with van der Waals surface area (Å²) in [5, 5.41) is 14.3. The highest BCUT2D eigenvalue weighted by Crippen LogP contribution is 2.32. The molecular formula is C16H19F3N2O. The van der Waals surface area contributed by atoms with Gasteiger partial charge in [0.25, 0.3) is 0 Å². The molecule has 1 aromatic carbocycles. The van der Waals surface area contributed by atoms with Gasteiger partial charge in [-0.3, -0.25) is 0 Å². The minimum Gasteiger partial charge on any atom is -0.385 e. The Balaban J connectivity index is 2.46. The number of nitrogens with zero attached hydrogens (tertiary/aromatic N) is 1. The summed E-state index contributed by atoms with van der Waals surface area (Å²) in [4.78, 5) is 3.66. The van der Waals surface area contributed by atoms with E-state index in [2.05, 4.69) is 10.3 Å². The summed E-state index contributed by atoms with van der Waals surface area (Å²) in [5.41, 5.74) is -1.20. The van der Waals surface area contributed by atoms with Crippen LogP contribution in [0.15, 0.2) is 30.3 Å². The highest BCUT2D eigenvalue weighted by atomic mass is 19.4. The van der Waals surface area contributed by atoms with Crippen LogP contribution in [0.2, 0.25) is 0 Å². The molecule has 0 fully saturated rings. The zero-order valence-electron chi connectivity index (χ0n) is 12.7. The monoisotopic (exact) mass is 312 g/mol. The SMILES string of the molecule is CC(C)(C)NC[C@@H](O)c1nc(C(F)(F)F)cc2ccccc12. The first-order valence-corrected chi connectivity index (χ1v) is 6.98. The first-order chi connectivity index (χ1) is 10.1. The van der Waals surface area contributed by atoms with E-state index >= 15 is 0 Å². The summed E-state index contributed by atoms with van der Waals surface area (Å²) >= 11 is 0. The Morgan fingerprint density at radius 1 is 1.18 bits per heavy atom. The first-order valence-electron chi connectivity index (χ1n) is 6.98. The lowest BCUT2D eigenvalue weighted by Crippen LogP contribution is -2.38. The number of hydrogen-bond donors (Lipinski definition) is 2. The molecule has 3 nitrogen and oxygen atoms in total. The fourth-order valence-corrected chi connectivity index (χ4v) is 2.12. The van der Waals surface area contributed by atoms with Gasteiger partial charge in [-0.1, -0.05) is 24.3 Å². The summed E-state index contributed by atoms with van der Waals surface area (Å²) in [6.45, 7) is 5.87. The van der Waals surface area contributed by atoms with Gasteiger partial charge in [-0.05, 0) is 32.2 Å². The van der Waals surface area contributed by atoms with Crippen molar-refractivity contribution in [2.24, 2.45) is 0 Å². The molecule has 120 valence electrons. The fraction of sp³-hybridized carbons (Fsp3) is 0.438. The standard InChI is InChI=1S/C16H19F3N2O/c1-15(2,3)20-9-12(22)14-11-7-5-4-6-10(11)8-13(21-14)16(17,18)19/h4-8,12,20,22H,9H2,1-3H3/t12-/m1/s1. The van der Waals surface area contributed by atoms with Gasteiger partial charge in [-0.15, -0.1) is 0 Å². The van der Waals surface area contributed by atoms with Gasteiger partial charge in [0.05, 0.1) is 5.69 Å². The van der Waals surface area contributed by atoms with Crippen LogP contribution in [0.1, 0.15) is 38.3 Å². The predicted molar refractivity (Wildman–Crippen MR) is 79.5 cm³/mol. The third-order valence-corrected chi connectivity index (χ3v) is 3.20. The zero-order valence-corrected chi connectivity index (χ0v) is 12.7. The summed E-state index contributed by atoms with van der Waals surface area (Å²) < 4.78 is 38.9. The van der Waals surface area contributed by atoms with Gasteiger partial charge < -0.3 is 10.4 Å². The van der Waals surface area contributed by atoms with Crippen molar-refractivity contribution in [1.29, 1.82) is 0 Å². The Bertz CT molecular complexity index is 662. The number of benzene rings is 1. The molecule has 2 aromatic rings. The number of nitrogens with one attached hydrogen (secondary N) is 1. The zero-order chi connectivity index (χ0) is 16.5. The Kier molecular flexibility index (Phi) is 4.44. The summed E-state index contributed by atoms with van der Waals surface area (Å²) in [6.07, 6.45) is -5.66. The Morgan fingerprint density at radius 3 is 2.41 bits per heavy atom. The molecule has 2 N–H and O–H groups in total. The van der Waals surface area contributed by atoms with E-state index in [9.17, 15) is 18.3 Å². The van der Waals surface area contributed by atoms with Crippen LogP contribution in [0, 0.1) is 0 Å². The molecule has 6 heteroatoms. The van der Waals surface area contributed by atoms with Crippen molar-refractivity contribution in [2.45, 2.75) is 38.6 Å². The molecule has 0 aliphatic carbocycles. The molecule has 0 saturated heterocycles. The lowest BCUT2D eigenvalue weighted by molar-refractivity contribution is -0.141. The molecule has 0 aliphatic rings. The van der Waals surface area contributed by atoms with E-state index in [4.69, 9.17) is 0 Å². The number of alkyl halides is 3. The Morgan fingerprint density at radius 2 is 1.82 bits per heavy atom. The van der Waals surface area contributed by atoms with Gasteiger partial charge in [0.2, 0.25) is 0 Å². The van der Waals surface area contributed by atoms with Crippen molar-refractivity contribution in [3.63, 3.8) is 0 Å². The minimum atomic E-state index is -4.55. The van der Waals surface area contributed by atoms with Crippen LogP contribution >= 0.6 is 0 Å². The average Bonchev–Trinajstić information content (AvgIpc) is 2.41. The van der Waals surface area contributed by atoms with Gasteiger partial charge in [-0.25, -0.2) is 4.98 Å². The van der Waals surface area contributed by atoms with Crippen molar-refractivity contribution >= 4 is 10.8 Å². The molecule has 0 amide bonds. The second-order valence-electron chi connectivity index (χ2n) is 6.26. The topological polar surface area (TPSA) is 45.1 Å². The second-order valence-corrected chi connectivity index (χ2v) is 6.26. The number of aromatic nitrogens is 1. The van der Waals surface area contributed by atoms with Crippen molar-refractivity contribution in [1.82, 2.24) is 10.3 Å². The third kappa shape index (κ3) is 3.96. The molecular weight excluding hydrogens is 293 g/mol. The number of halogens is 3.